The first-order valence-electron chi connectivity index (χ1n) is 6.21. The largest absolute Gasteiger partial charge is 0.369 e. The van der Waals surface area contributed by atoms with Crippen LogP contribution in [0.15, 0.2) is 22.7 Å². The lowest BCUT2D eigenvalue weighted by atomic mass is 10.0. The molecule has 1 heterocycles. The molecule has 1 fully saturated rings. The molecule has 0 aliphatic carbocycles. The van der Waals surface area contributed by atoms with Crippen molar-refractivity contribution < 1.29 is 9.53 Å². The topological polar surface area (TPSA) is 29.5 Å². The molecule has 0 aromatic heterocycles. The summed E-state index contributed by atoms with van der Waals surface area (Å²) in [6.45, 7) is 7.30. The van der Waals surface area contributed by atoms with Crippen molar-refractivity contribution in [2.75, 3.05) is 13.1 Å². The van der Waals surface area contributed by atoms with Gasteiger partial charge in [0, 0.05) is 21.1 Å². The zero-order valence-corrected chi connectivity index (χ0v) is 15.0. The van der Waals surface area contributed by atoms with Gasteiger partial charge in [-0.3, -0.25) is 4.79 Å². The van der Waals surface area contributed by atoms with Gasteiger partial charge in [-0.25, -0.2) is 0 Å². The molecular formula is C14H17BrINO2. The Labute approximate surface area is 136 Å². The molecule has 0 radical (unpaired) electrons. The molecule has 1 atom stereocenters. The molecule has 1 unspecified atom stereocenters. The van der Waals surface area contributed by atoms with Crippen LogP contribution in [-0.4, -0.2) is 35.6 Å². The summed E-state index contributed by atoms with van der Waals surface area (Å²) in [4.78, 5) is 14.5. The van der Waals surface area contributed by atoms with Gasteiger partial charge in [0.1, 0.15) is 0 Å². The molecule has 5 heteroatoms. The molecular weight excluding hydrogens is 421 g/mol. The maximum absolute atomic E-state index is 12.6. The van der Waals surface area contributed by atoms with Crippen LogP contribution >= 0.6 is 38.5 Å². The zero-order valence-electron chi connectivity index (χ0n) is 11.2. The highest BCUT2D eigenvalue weighted by molar-refractivity contribution is 14.1. The van der Waals surface area contributed by atoms with Crippen LogP contribution in [0.2, 0.25) is 0 Å². The first kappa shape index (κ1) is 15.3. The summed E-state index contributed by atoms with van der Waals surface area (Å²) in [5, 5.41) is 0. The van der Waals surface area contributed by atoms with E-state index in [2.05, 4.69) is 38.5 Å². The second kappa shape index (κ2) is 5.69. The zero-order chi connectivity index (χ0) is 14.2. The van der Waals surface area contributed by atoms with Crippen LogP contribution in [0.25, 0.3) is 0 Å². The Kier molecular flexibility index (Phi) is 4.57. The van der Waals surface area contributed by atoms with Crippen molar-refractivity contribution in [3.05, 3.63) is 31.8 Å². The predicted molar refractivity (Wildman–Crippen MR) is 87.4 cm³/mol. The van der Waals surface area contributed by atoms with Crippen molar-refractivity contribution >= 4 is 44.4 Å². The molecule has 1 aromatic rings. The molecule has 19 heavy (non-hydrogen) atoms. The molecule has 1 aromatic carbocycles. The van der Waals surface area contributed by atoms with E-state index in [1.54, 1.807) is 0 Å². The van der Waals surface area contributed by atoms with Crippen LogP contribution in [0.4, 0.5) is 0 Å². The van der Waals surface area contributed by atoms with Crippen molar-refractivity contribution in [3.8, 4) is 0 Å². The van der Waals surface area contributed by atoms with E-state index in [9.17, 15) is 4.79 Å². The number of morpholine rings is 1. The van der Waals surface area contributed by atoms with Gasteiger partial charge in [-0.15, -0.1) is 0 Å². The number of amides is 1. The molecule has 1 aliphatic rings. The Bertz CT molecular complexity index is 504. The highest BCUT2D eigenvalue weighted by Crippen LogP contribution is 2.25. The number of benzene rings is 1. The summed E-state index contributed by atoms with van der Waals surface area (Å²) >= 11 is 5.68. The van der Waals surface area contributed by atoms with E-state index in [1.807, 2.05) is 43.9 Å². The Morgan fingerprint density at radius 1 is 1.53 bits per heavy atom. The lowest BCUT2D eigenvalue weighted by Crippen LogP contribution is -2.53. The minimum atomic E-state index is -0.290. The summed E-state index contributed by atoms with van der Waals surface area (Å²) in [7, 11) is 0. The Morgan fingerprint density at radius 3 is 2.84 bits per heavy atom. The van der Waals surface area contributed by atoms with Crippen molar-refractivity contribution in [2.24, 2.45) is 0 Å². The third-order valence-electron chi connectivity index (χ3n) is 3.02. The molecule has 0 saturated carbocycles. The van der Waals surface area contributed by atoms with Gasteiger partial charge in [-0.2, -0.15) is 0 Å². The lowest BCUT2D eigenvalue weighted by molar-refractivity contribution is -0.118. The second-order valence-corrected chi connectivity index (χ2v) is 7.60. The Hall–Kier alpha value is -0.140. The monoisotopic (exact) mass is 437 g/mol. The van der Waals surface area contributed by atoms with Gasteiger partial charge in [0.05, 0.1) is 17.3 Å². The number of nitrogens with zero attached hydrogens (tertiary/aromatic N) is 1. The minimum absolute atomic E-state index is 0.0635. The first-order chi connectivity index (χ1) is 8.78. The smallest absolute Gasteiger partial charge is 0.255 e. The number of halogens is 2. The quantitative estimate of drug-likeness (QED) is 0.627. The summed E-state index contributed by atoms with van der Waals surface area (Å²) in [5.41, 5.74) is 0.429. The van der Waals surface area contributed by atoms with Crippen LogP contribution in [0.1, 0.15) is 31.1 Å². The maximum Gasteiger partial charge on any atom is 0.255 e. The summed E-state index contributed by atoms with van der Waals surface area (Å²) in [6.07, 6.45) is 0.0641. The van der Waals surface area contributed by atoms with E-state index in [-0.39, 0.29) is 17.6 Å². The number of rotatable bonds is 1. The summed E-state index contributed by atoms with van der Waals surface area (Å²) in [6, 6.07) is 5.82. The van der Waals surface area contributed by atoms with E-state index < -0.39 is 0 Å². The molecule has 0 spiro atoms. The van der Waals surface area contributed by atoms with Crippen LogP contribution in [0.5, 0.6) is 0 Å². The molecule has 104 valence electrons. The minimum Gasteiger partial charge on any atom is -0.369 e. The summed E-state index contributed by atoms with van der Waals surface area (Å²) in [5.74, 6) is 0.0635. The predicted octanol–water partition coefficient (Wildman–Crippen LogP) is 3.69. The van der Waals surface area contributed by atoms with Gasteiger partial charge in [0.2, 0.25) is 0 Å². The normalized spacial score (nSPS) is 22.4. The van der Waals surface area contributed by atoms with Crippen LogP contribution in [0, 0.1) is 3.57 Å². The van der Waals surface area contributed by atoms with E-state index in [4.69, 9.17) is 4.74 Å². The number of carbonyl (C=O) groups is 1. The van der Waals surface area contributed by atoms with Gasteiger partial charge >= 0.3 is 0 Å². The average molecular weight is 438 g/mol. The van der Waals surface area contributed by atoms with Gasteiger partial charge in [0.15, 0.2) is 0 Å². The SMILES string of the molecule is CC1CN(C(=O)c2cc(I)ccc2Br)CC(C)(C)O1. The summed E-state index contributed by atoms with van der Waals surface area (Å²) < 4.78 is 7.74. The van der Waals surface area contributed by atoms with Crippen molar-refractivity contribution in [1.29, 1.82) is 0 Å². The molecule has 1 amide bonds. The highest BCUT2D eigenvalue weighted by atomic mass is 127. The number of carbonyl (C=O) groups excluding carboxylic acids is 1. The molecule has 1 aliphatic heterocycles. The fourth-order valence-corrected chi connectivity index (χ4v) is 3.35. The molecule has 0 N–H and O–H groups in total. The van der Waals surface area contributed by atoms with Gasteiger partial charge in [-0.05, 0) is 77.5 Å². The van der Waals surface area contributed by atoms with Gasteiger partial charge < -0.3 is 9.64 Å². The number of hydrogen-bond acceptors (Lipinski definition) is 2. The lowest BCUT2D eigenvalue weighted by Gasteiger charge is -2.41. The molecule has 1 saturated heterocycles. The van der Waals surface area contributed by atoms with E-state index in [1.165, 1.54) is 0 Å². The molecule has 2 rings (SSSR count). The number of hydrogen-bond donors (Lipinski definition) is 0. The highest BCUT2D eigenvalue weighted by Gasteiger charge is 2.34. The fourth-order valence-electron chi connectivity index (χ4n) is 2.44. The third-order valence-corrected chi connectivity index (χ3v) is 4.38. The first-order valence-corrected chi connectivity index (χ1v) is 8.08. The Balaban J connectivity index is 2.26. The number of ether oxygens (including phenoxy) is 1. The average Bonchev–Trinajstić information content (AvgIpc) is 2.29. The van der Waals surface area contributed by atoms with Crippen molar-refractivity contribution in [1.82, 2.24) is 4.90 Å². The molecule has 3 nitrogen and oxygen atoms in total. The third kappa shape index (κ3) is 3.70. The van der Waals surface area contributed by atoms with Crippen LogP contribution in [-0.2, 0) is 4.74 Å². The van der Waals surface area contributed by atoms with E-state index in [0.717, 1.165) is 13.6 Å². The van der Waals surface area contributed by atoms with Gasteiger partial charge in [0.25, 0.3) is 5.91 Å². The fraction of sp³-hybridized carbons (Fsp3) is 0.500. The second-order valence-electron chi connectivity index (χ2n) is 5.50. The van der Waals surface area contributed by atoms with E-state index in [0.29, 0.717) is 13.1 Å². The van der Waals surface area contributed by atoms with Crippen LogP contribution in [0.3, 0.4) is 0 Å². The van der Waals surface area contributed by atoms with Crippen LogP contribution < -0.4 is 0 Å². The Morgan fingerprint density at radius 2 is 2.21 bits per heavy atom. The van der Waals surface area contributed by atoms with Crippen molar-refractivity contribution in [2.45, 2.75) is 32.5 Å². The van der Waals surface area contributed by atoms with Crippen molar-refractivity contribution in [3.63, 3.8) is 0 Å². The maximum atomic E-state index is 12.6. The molecule has 0 bridgehead atoms. The van der Waals surface area contributed by atoms with Gasteiger partial charge in [-0.1, -0.05) is 0 Å². The van der Waals surface area contributed by atoms with E-state index >= 15 is 0 Å². The standard InChI is InChI=1S/C14H17BrINO2/c1-9-7-17(8-14(2,3)19-9)13(18)11-6-10(16)4-5-12(11)15/h4-6,9H,7-8H2,1-3H3.